The van der Waals surface area contributed by atoms with Crippen LogP contribution in [0.3, 0.4) is 0 Å². The molecule has 0 amide bonds. The highest BCUT2D eigenvalue weighted by atomic mass is 19.1. The molecule has 0 bridgehead atoms. The fourth-order valence-corrected chi connectivity index (χ4v) is 1.57. The van der Waals surface area contributed by atoms with Crippen LogP contribution in [0.2, 0.25) is 0 Å². The topological polar surface area (TPSA) is 12.0 Å². The van der Waals surface area contributed by atoms with E-state index in [1.807, 2.05) is 39.1 Å². The number of rotatable bonds is 4. The summed E-state index contributed by atoms with van der Waals surface area (Å²) in [5.41, 5.74) is 2.67. The first kappa shape index (κ1) is 11.9. The van der Waals surface area contributed by atoms with Crippen molar-refractivity contribution in [2.24, 2.45) is 0 Å². The lowest BCUT2D eigenvalue weighted by atomic mass is 10.0. The monoisotopic (exact) mass is 207 g/mol. The lowest BCUT2D eigenvalue weighted by molar-refractivity contribution is 0.622. The third kappa shape index (κ3) is 3.48. The first-order valence-corrected chi connectivity index (χ1v) is 5.23. The summed E-state index contributed by atoms with van der Waals surface area (Å²) >= 11 is 0. The highest BCUT2D eigenvalue weighted by molar-refractivity contribution is 5.55. The predicted octanol–water partition coefficient (Wildman–Crippen LogP) is 3.07. The second-order valence-electron chi connectivity index (χ2n) is 3.77. The molecule has 2 heteroatoms. The zero-order valence-electron chi connectivity index (χ0n) is 9.60. The second kappa shape index (κ2) is 5.66. The fourth-order valence-electron chi connectivity index (χ4n) is 1.57. The third-order valence-corrected chi connectivity index (χ3v) is 2.33. The van der Waals surface area contributed by atoms with Crippen molar-refractivity contribution in [1.82, 2.24) is 5.32 Å². The van der Waals surface area contributed by atoms with Gasteiger partial charge in [0.1, 0.15) is 5.82 Å². The molecular formula is C13H18FN. The molecule has 1 aromatic rings. The lowest BCUT2D eigenvalue weighted by Gasteiger charge is -2.04. The molecule has 0 heterocycles. The molecule has 0 atom stereocenters. The second-order valence-corrected chi connectivity index (χ2v) is 3.77. The molecule has 0 unspecified atom stereocenters. The van der Waals surface area contributed by atoms with Crippen LogP contribution in [0.25, 0.3) is 6.08 Å². The van der Waals surface area contributed by atoms with Gasteiger partial charge in [-0.2, -0.15) is 0 Å². The average molecular weight is 207 g/mol. The van der Waals surface area contributed by atoms with Crippen LogP contribution in [-0.2, 0) is 0 Å². The Morgan fingerprint density at radius 2 is 2.07 bits per heavy atom. The van der Waals surface area contributed by atoms with E-state index in [1.165, 1.54) is 0 Å². The Morgan fingerprint density at radius 1 is 1.33 bits per heavy atom. The Bertz CT molecular complexity index is 333. The Morgan fingerprint density at radius 3 is 2.67 bits per heavy atom. The van der Waals surface area contributed by atoms with Crippen molar-refractivity contribution in [2.75, 3.05) is 13.6 Å². The summed E-state index contributed by atoms with van der Waals surface area (Å²) in [5, 5.41) is 3.05. The number of aryl methyl sites for hydroxylation is 2. The number of benzene rings is 1. The Labute approximate surface area is 91.0 Å². The number of halogens is 1. The smallest absolute Gasteiger partial charge is 0.130 e. The summed E-state index contributed by atoms with van der Waals surface area (Å²) < 4.78 is 13.6. The summed E-state index contributed by atoms with van der Waals surface area (Å²) in [6, 6.07) is 3.57. The Kier molecular flexibility index (Phi) is 4.50. The molecule has 0 aliphatic rings. The van der Waals surface area contributed by atoms with Crippen molar-refractivity contribution in [2.45, 2.75) is 20.3 Å². The van der Waals surface area contributed by atoms with E-state index < -0.39 is 0 Å². The van der Waals surface area contributed by atoms with E-state index in [2.05, 4.69) is 5.32 Å². The van der Waals surface area contributed by atoms with Crippen LogP contribution in [0, 0.1) is 19.7 Å². The molecule has 1 aromatic carbocycles. The van der Waals surface area contributed by atoms with Gasteiger partial charge in [0.25, 0.3) is 0 Å². The van der Waals surface area contributed by atoms with Crippen LogP contribution >= 0.6 is 0 Å². The van der Waals surface area contributed by atoms with Crippen LogP contribution < -0.4 is 5.32 Å². The number of hydrogen-bond donors (Lipinski definition) is 1. The van der Waals surface area contributed by atoms with Gasteiger partial charge >= 0.3 is 0 Å². The van der Waals surface area contributed by atoms with Gasteiger partial charge in [-0.25, -0.2) is 4.39 Å². The molecule has 0 aromatic heterocycles. The molecule has 0 fully saturated rings. The van der Waals surface area contributed by atoms with Crippen LogP contribution in [-0.4, -0.2) is 13.6 Å². The van der Waals surface area contributed by atoms with Crippen molar-refractivity contribution < 1.29 is 4.39 Å². The standard InChI is InChI=1S/C13H18FN/c1-10-8-11(2)12(13(14)9-10)6-4-5-7-15-3/h4,6,8-9,15H,5,7H2,1-3H3/b6-4+. The van der Waals surface area contributed by atoms with Crippen molar-refractivity contribution in [3.05, 3.63) is 40.7 Å². The maximum Gasteiger partial charge on any atom is 0.130 e. The van der Waals surface area contributed by atoms with Crippen molar-refractivity contribution in [3.63, 3.8) is 0 Å². The molecule has 0 aliphatic heterocycles. The van der Waals surface area contributed by atoms with Gasteiger partial charge in [0.15, 0.2) is 0 Å². The number of hydrogen-bond acceptors (Lipinski definition) is 1. The third-order valence-electron chi connectivity index (χ3n) is 2.33. The molecule has 0 spiro atoms. The van der Waals surface area contributed by atoms with Gasteiger partial charge in [-0.05, 0) is 51.1 Å². The summed E-state index contributed by atoms with van der Waals surface area (Å²) in [7, 11) is 1.91. The molecule has 0 aliphatic carbocycles. The van der Waals surface area contributed by atoms with Crippen LogP contribution in [0.4, 0.5) is 4.39 Å². The fraction of sp³-hybridized carbons (Fsp3) is 0.385. The molecule has 0 saturated heterocycles. The highest BCUT2D eigenvalue weighted by Crippen LogP contribution is 2.17. The predicted molar refractivity (Wildman–Crippen MR) is 63.5 cm³/mol. The molecule has 1 rings (SSSR count). The van der Waals surface area contributed by atoms with E-state index in [0.29, 0.717) is 5.56 Å². The van der Waals surface area contributed by atoms with E-state index in [4.69, 9.17) is 0 Å². The zero-order valence-corrected chi connectivity index (χ0v) is 9.60. The van der Waals surface area contributed by atoms with Crippen LogP contribution in [0.15, 0.2) is 18.2 Å². The number of nitrogens with one attached hydrogen (secondary N) is 1. The molecular weight excluding hydrogens is 189 g/mol. The van der Waals surface area contributed by atoms with Gasteiger partial charge in [-0.15, -0.1) is 0 Å². The van der Waals surface area contributed by atoms with Crippen molar-refractivity contribution in [1.29, 1.82) is 0 Å². The van der Waals surface area contributed by atoms with Gasteiger partial charge in [0.2, 0.25) is 0 Å². The first-order valence-electron chi connectivity index (χ1n) is 5.23. The molecule has 1 N–H and O–H groups in total. The first-order chi connectivity index (χ1) is 7.15. The van der Waals surface area contributed by atoms with E-state index >= 15 is 0 Å². The van der Waals surface area contributed by atoms with Crippen LogP contribution in [0.5, 0.6) is 0 Å². The normalized spacial score (nSPS) is 11.2. The Balaban J connectivity index is 2.80. The minimum atomic E-state index is -0.131. The molecule has 0 radical (unpaired) electrons. The minimum absolute atomic E-state index is 0.131. The molecule has 0 saturated carbocycles. The van der Waals surface area contributed by atoms with E-state index in [9.17, 15) is 4.39 Å². The highest BCUT2D eigenvalue weighted by Gasteiger charge is 2.02. The lowest BCUT2D eigenvalue weighted by Crippen LogP contribution is -2.05. The van der Waals surface area contributed by atoms with Gasteiger partial charge in [-0.3, -0.25) is 0 Å². The largest absolute Gasteiger partial charge is 0.319 e. The SMILES string of the molecule is CNCC/C=C/c1c(C)cc(C)cc1F. The van der Waals surface area contributed by atoms with E-state index in [-0.39, 0.29) is 5.82 Å². The molecule has 82 valence electrons. The van der Waals surface area contributed by atoms with Crippen molar-refractivity contribution >= 4 is 6.08 Å². The maximum atomic E-state index is 13.6. The molecule has 15 heavy (non-hydrogen) atoms. The van der Waals surface area contributed by atoms with E-state index in [0.717, 1.165) is 24.1 Å². The maximum absolute atomic E-state index is 13.6. The van der Waals surface area contributed by atoms with Gasteiger partial charge < -0.3 is 5.32 Å². The quantitative estimate of drug-likeness (QED) is 0.748. The average Bonchev–Trinajstić information content (AvgIpc) is 2.15. The van der Waals surface area contributed by atoms with E-state index in [1.54, 1.807) is 6.07 Å². The minimum Gasteiger partial charge on any atom is -0.319 e. The summed E-state index contributed by atoms with van der Waals surface area (Å²) in [6.07, 6.45) is 4.78. The molecule has 1 nitrogen and oxygen atoms in total. The summed E-state index contributed by atoms with van der Waals surface area (Å²) in [4.78, 5) is 0. The van der Waals surface area contributed by atoms with Crippen molar-refractivity contribution in [3.8, 4) is 0 Å². The van der Waals surface area contributed by atoms with Gasteiger partial charge in [-0.1, -0.05) is 18.2 Å². The van der Waals surface area contributed by atoms with Gasteiger partial charge in [0.05, 0.1) is 0 Å². The van der Waals surface area contributed by atoms with Crippen LogP contribution in [0.1, 0.15) is 23.1 Å². The zero-order chi connectivity index (χ0) is 11.3. The summed E-state index contributed by atoms with van der Waals surface area (Å²) in [5.74, 6) is -0.131. The van der Waals surface area contributed by atoms with Gasteiger partial charge in [0, 0.05) is 5.56 Å². The Hall–Kier alpha value is -1.15. The summed E-state index contributed by atoms with van der Waals surface area (Å²) in [6.45, 7) is 4.77.